The van der Waals surface area contributed by atoms with Crippen LogP contribution in [0.1, 0.15) is 13.3 Å². The summed E-state index contributed by atoms with van der Waals surface area (Å²) in [4.78, 5) is 10.7. The van der Waals surface area contributed by atoms with E-state index in [0.717, 1.165) is 6.42 Å². The van der Waals surface area contributed by atoms with Crippen LogP contribution in [0.5, 0.6) is 0 Å². The van der Waals surface area contributed by atoms with Gasteiger partial charge in [-0.25, -0.2) is 0 Å². The zero-order valence-corrected chi connectivity index (χ0v) is 8.22. The summed E-state index contributed by atoms with van der Waals surface area (Å²) >= 11 is 0. The van der Waals surface area contributed by atoms with Gasteiger partial charge in [-0.1, -0.05) is 36.5 Å². The van der Waals surface area contributed by atoms with Crippen LogP contribution in [-0.4, -0.2) is 12.1 Å². The second-order valence-corrected chi connectivity index (χ2v) is 2.94. The zero-order chi connectivity index (χ0) is 10.2. The van der Waals surface area contributed by atoms with Crippen molar-refractivity contribution in [3.05, 3.63) is 48.6 Å². The summed E-state index contributed by atoms with van der Waals surface area (Å²) in [6.45, 7) is 1.41. The summed E-state index contributed by atoms with van der Waals surface area (Å²) in [5.74, 6) is -0.263. The van der Waals surface area contributed by atoms with Crippen molar-refractivity contribution < 1.29 is 9.53 Å². The van der Waals surface area contributed by atoms with Crippen molar-refractivity contribution in [2.75, 3.05) is 0 Å². The standard InChI is InChI=1S/C12H14O2/c1-11(13)14-12-9-7-5-3-2-4-6-8-10-12/h2-5,7-10,12H,6H2,1H3/b4-2+,5-3-,9-7-,10-8-/t12-/m1/s1. The minimum absolute atomic E-state index is 0.247. The maximum Gasteiger partial charge on any atom is 0.303 e. The van der Waals surface area contributed by atoms with Crippen molar-refractivity contribution >= 4 is 5.97 Å². The van der Waals surface area contributed by atoms with Crippen LogP contribution >= 0.6 is 0 Å². The van der Waals surface area contributed by atoms with Crippen molar-refractivity contribution in [2.24, 2.45) is 0 Å². The molecule has 0 bridgehead atoms. The summed E-state index contributed by atoms with van der Waals surface area (Å²) in [5.41, 5.74) is 0. The van der Waals surface area contributed by atoms with Crippen molar-refractivity contribution in [3.63, 3.8) is 0 Å². The van der Waals surface area contributed by atoms with Crippen LogP contribution < -0.4 is 0 Å². The molecule has 0 aliphatic heterocycles. The molecule has 1 aliphatic carbocycles. The smallest absolute Gasteiger partial charge is 0.303 e. The molecule has 2 heteroatoms. The molecule has 0 heterocycles. The molecule has 2 nitrogen and oxygen atoms in total. The lowest BCUT2D eigenvalue weighted by Gasteiger charge is -2.07. The minimum atomic E-state index is -0.263. The van der Waals surface area contributed by atoms with Gasteiger partial charge in [0.15, 0.2) is 0 Å². The van der Waals surface area contributed by atoms with Crippen molar-refractivity contribution in [1.29, 1.82) is 0 Å². The van der Waals surface area contributed by atoms with Gasteiger partial charge in [0.1, 0.15) is 6.10 Å². The first kappa shape index (κ1) is 10.5. The monoisotopic (exact) mass is 190 g/mol. The van der Waals surface area contributed by atoms with E-state index >= 15 is 0 Å². The molecule has 0 saturated carbocycles. The van der Waals surface area contributed by atoms with Gasteiger partial charge >= 0.3 is 5.97 Å². The average Bonchev–Trinajstić information content (AvgIpc) is 2.15. The summed E-state index contributed by atoms with van der Waals surface area (Å²) in [7, 11) is 0. The van der Waals surface area contributed by atoms with E-state index in [9.17, 15) is 4.79 Å². The first-order chi connectivity index (χ1) is 6.79. The number of ether oxygens (including phenoxy) is 1. The van der Waals surface area contributed by atoms with Crippen molar-refractivity contribution in [1.82, 2.24) is 0 Å². The molecule has 0 aromatic rings. The van der Waals surface area contributed by atoms with Gasteiger partial charge in [-0.05, 0) is 18.6 Å². The Kier molecular flexibility index (Phi) is 4.48. The van der Waals surface area contributed by atoms with Crippen LogP contribution in [0.2, 0.25) is 0 Å². The molecule has 0 saturated heterocycles. The number of rotatable bonds is 1. The van der Waals surface area contributed by atoms with E-state index in [4.69, 9.17) is 4.74 Å². The molecule has 0 N–H and O–H groups in total. The highest BCUT2D eigenvalue weighted by Gasteiger charge is 2.02. The Morgan fingerprint density at radius 1 is 1.14 bits per heavy atom. The van der Waals surface area contributed by atoms with Gasteiger partial charge < -0.3 is 4.74 Å². The number of carbonyl (C=O) groups is 1. The van der Waals surface area contributed by atoms with Crippen molar-refractivity contribution in [3.8, 4) is 0 Å². The molecule has 0 spiro atoms. The number of hydrogen-bond acceptors (Lipinski definition) is 2. The van der Waals surface area contributed by atoms with E-state index in [1.165, 1.54) is 6.92 Å². The topological polar surface area (TPSA) is 26.3 Å². The first-order valence-electron chi connectivity index (χ1n) is 4.63. The van der Waals surface area contributed by atoms with Crippen LogP contribution in [0, 0.1) is 0 Å². The minimum Gasteiger partial charge on any atom is -0.454 e. The maximum absolute atomic E-state index is 10.7. The molecule has 1 atom stereocenters. The van der Waals surface area contributed by atoms with Gasteiger partial charge in [0.25, 0.3) is 0 Å². The number of esters is 1. The molecule has 1 rings (SSSR count). The zero-order valence-electron chi connectivity index (χ0n) is 8.22. The Balaban J connectivity index is 2.64. The Hall–Kier alpha value is -1.57. The fourth-order valence-electron chi connectivity index (χ4n) is 1.08. The fourth-order valence-corrected chi connectivity index (χ4v) is 1.08. The fraction of sp³-hybridized carbons (Fsp3) is 0.250. The molecular formula is C12H14O2. The van der Waals surface area contributed by atoms with E-state index in [1.807, 2.05) is 48.6 Å². The van der Waals surface area contributed by atoms with Gasteiger partial charge in [0, 0.05) is 6.92 Å². The molecule has 1 aliphatic rings. The highest BCUT2D eigenvalue weighted by Crippen LogP contribution is 2.01. The average molecular weight is 190 g/mol. The van der Waals surface area contributed by atoms with E-state index in [1.54, 1.807) is 0 Å². The largest absolute Gasteiger partial charge is 0.454 e. The van der Waals surface area contributed by atoms with Gasteiger partial charge in [-0.3, -0.25) is 4.79 Å². The molecule has 0 radical (unpaired) electrons. The third-order valence-electron chi connectivity index (χ3n) is 1.67. The predicted octanol–water partition coefficient (Wildman–Crippen LogP) is 2.55. The van der Waals surface area contributed by atoms with Gasteiger partial charge in [0.2, 0.25) is 0 Å². The molecule has 0 aromatic carbocycles. The highest BCUT2D eigenvalue weighted by atomic mass is 16.5. The molecule has 74 valence electrons. The normalized spacial score (nSPS) is 29.9. The van der Waals surface area contributed by atoms with Crippen LogP contribution in [0.15, 0.2) is 48.6 Å². The summed E-state index contributed by atoms with van der Waals surface area (Å²) < 4.78 is 5.05. The Labute approximate surface area is 84.3 Å². The summed E-state index contributed by atoms with van der Waals surface area (Å²) in [6.07, 6.45) is 16.1. The Morgan fingerprint density at radius 2 is 1.93 bits per heavy atom. The molecule has 0 aromatic heterocycles. The lowest BCUT2D eigenvalue weighted by Crippen LogP contribution is -2.10. The second kappa shape index (κ2) is 5.97. The maximum atomic E-state index is 10.7. The lowest BCUT2D eigenvalue weighted by molar-refractivity contribution is -0.142. The second-order valence-electron chi connectivity index (χ2n) is 2.94. The lowest BCUT2D eigenvalue weighted by atomic mass is 10.2. The molecule has 0 amide bonds. The van der Waals surface area contributed by atoms with Crippen molar-refractivity contribution in [2.45, 2.75) is 19.4 Å². The van der Waals surface area contributed by atoms with Gasteiger partial charge in [-0.15, -0.1) is 0 Å². The first-order valence-corrected chi connectivity index (χ1v) is 4.63. The van der Waals surface area contributed by atoms with Crippen LogP contribution in [0.25, 0.3) is 0 Å². The predicted molar refractivity (Wildman–Crippen MR) is 56.7 cm³/mol. The van der Waals surface area contributed by atoms with Crippen LogP contribution in [-0.2, 0) is 9.53 Å². The third-order valence-corrected chi connectivity index (χ3v) is 1.67. The Morgan fingerprint density at radius 3 is 2.71 bits per heavy atom. The molecule has 0 fully saturated rings. The molecular weight excluding hydrogens is 176 g/mol. The number of hydrogen-bond donors (Lipinski definition) is 0. The van der Waals surface area contributed by atoms with E-state index in [0.29, 0.717) is 0 Å². The van der Waals surface area contributed by atoms with Gasteiger partial charge in [0.05, 0.1) is 0 Å². The van der Waals surface area contributed by atoms with E-state index in [-0.39, 0.29) is 12.1 Å². The van der Waals surface area contributed by atoms with Crippen LogP contribution in [0.3, 0.4) is 0 Å². The highest BCUT2D eigenvalue weighted by molar-refractivity contribution is 5.66. The molecule has 14 heavy (non-hydrogen) atoms. The van der Waals surface area contributed by atoms with E-state index in [2.05, 4.69) is 0 Å². The van der Waals surface area contributed by atoms with Gasteiger partial charge in [-0.2, -0.15) is 0 Å². The number of allylic oxidation sites excluding steroid dienone is 6. The summed E-state index contributed by atoms with van der Waals surface area (Å²) in [6, 6.07) is 0. The third kappa shape index (κ3) is 4.45. The van der Waals surface area contributed by atoms with E-state index < -0.39 is 0 Å². The summed E-state index contributed by atoms with van der Waals surface area (Å²) in [5, 5.41) is 0. The van der Waals surface area contributed by atoms with Crippen LogP contribution in [0.4, 0.5) is 0 Å². The molecule has 0 unspecified atom stereocenters. The number of carbonyl (C=O) groups excluding carboxylic acids is 1. The Bertz CT molecular complexity index is 295. The SMILES string of the molecule is CC(=O)O[C@@H]1\C=C/C=C\C=C\C/C=C\1. The quantitative estimate of drug-likeness (QED) is 0.469.